The van der Waals surface area contributed by atoms with Crippen molar-refractivity contribution in [3.63, 3.8) is 0 Å². The lowest BCUT2D eigenvalue weighted by Crippen LogP contribution is -2.60. The SMILES string of the molecule is CCCCCCCCCCCCCCCCCCCCCCCCCCCC(O)C(COC1OC(CO)C(O)C(O)C1O)NC(=O)CCCCCCCCCCC. The van der Waals surface area contributed by atoms with Gasteiger partial charge in [-0.3, -0.25) is 4.79 Å². The number of amides is 1. The number of hydrogen-bond acceptors (Lipinski definition) is 8. The van der Waals surface area contributed by atoms with Crippen LogP contribution < -0.4 is 5.32 Å². The van der Waals surface area contributed by atoms with E-state index in [0.29, 0.717) is 12.8 Å². The average molecular weight is 814 g/mol. The van der Waals surface area contributed by atoms with Gasteiger partial charge in [0.05, 0.1) is 25.4 Å². The lowest BCUT2D eigenvalue weighted by Gasteiger charge is -2.40. The van der Waals surface area contributed by atoms with Crippen molar-refractivity contribution in [1.29, 1.82) is 0 Å². The molecule has 340 valence electrons. The maximum atomic E-state index is 12.9. The van der Waals surface area contributed by atoms with Gasteiger partial charge in [0, 0.05) is 6.42 Å². The van der Waals surface area contributed by atoms with Crippen molar-refractivity contribution < 1.29 is 39.8 Å². The van der Waals surface area contributed by atoms with Crippen LogP contribution in [0.5, 0.6) is 0 Å². The van der Waals surface area contributed by atoms with E-state index in [1.54, 1.807) is 0 Å². The lowest BCUT2D eigenvalue weighted by molar-refractivity contribution is -0.302. The van der Waals surface area contributed by atoms with Crippen molar-refractivity contribution in [3.8, 4) is 0 Å². The highest BCUT2D eigenvalue weighted by Crippen LogP contribution is 2.23. The van der Waals surface area contributed by atoms with Crippen LogP contribution >= 0.6 is 0 Å². The van der Waals surface area contributed by atoms with Gasteiger partial charge < -0.3 is 40.3 Å². The van der Waals surface area contributed by atoms with E-state index in [1.807, 2.05) is 0 Å². The summed E-state index contributed by atoms with van der Waals surface area (Å²) >= 11 is 0. The Balaban J connectivity index is 2.17. The standard InChI is InChI=1S/C48H95NO8/c1-3-5-7-9-11-13-14-15-16-17-18-19-20-21-22-23-24-25-26-27-28-30-31-33-35-37-42(51)41(40-56-48-47(55)46(54)45(53)43(39-50)57-48)49-44(52)38-36-34-32-29-12-10-8-6-4-2/h41-43,45-48,50-51,53-55H,3-40H2,1-2H3,(H,49,52). The maximum Gasteiger partial charge on any atom is 0.220 e. The molecular weight excluding hydrogens is 719 g/mol. The maximum absolute atomic E-state index is 12.9. The second kappa shape index (κ2) is 39.3. The summed E-state index contributed by atoms with van der Waals surface area (Å²) in [5.74, 6) is -0.144. The third-order valence-electron chi connectivity index (χ3n) is 12.2. The van der Waals surface area contributed by atoms with Crippen LogP contribution in [0.1, 0.15) is 245 Å². The van der Waals surface area contributed by atoms with Gasteiger partial charge in [-0.05, 0) is 12.8 Å². The molecule has 7 atom stereocenters. The Morgan fingerprint density at radius 2 is 0.877 bits per heavy atom. The van der Waals surface area contributed by atoms with Crippen LogP contribution in [0.25, 0.3) is 0 Å². The Hall–Kier alpha value is -0.810. The van der Waals surface area contributed by atoms with Crippen molar-refractivity contribution in [2.45, 2.75) is 288 Å². The van der Waals surface area contributed by atoms with E-state index in [9.17, 15) is 30.3 Å². The molecule has 1 amide bonds. The van der Waals surface area contributed by atoms with Crippen LogP contribution in [-0.4, -0.2) is 87.5 Å². The second-order valence-electron chi connectivity index (χ2n) is 17.6. The molecule has 9 heteroatoms. The fourth-order valence-electron chi connectivity index (χ4n) is 8.22. The topological polar surface area (TPSA) is 149 Å². The molecule has 1 aliphatic rings. The van der Waals surface area contributed by atoms with Gasteiger partial charge in [-0.2, -0.15) is 0 Å². The predicted molar refractivity (Wildman–Crippen MR) is 235 cm³/mol. The van der Waals surface area contributed by atoms with Crippen molar-refractivity contribution in [3.05, 3.63) is 0 Å². The van der Waals surface area contributed by atoms with E-state index in [-0.39, 0.29) is 12.5 Å². The molecule has 0 aromatic heterocycles. The molecule has 0 saturated carbocycles. The number of nitrogens with one attached hydrogen (secondary N) is 1. The van der Waals surface area contributed by atoms with E-state index in [2.05, 4.69) is 19.2 Å². The van der Waals surface area contributed by atoms with Gasteiger partial charge in [-0.25, -0.2) is 0 Å². The fourth-order valence-corrected chi connectivity index (χ4v) is 8.22. The Labute approximate surface area is 351 Å². The zero-order valence-corrected chi connectivity index (χ0v) is 37.4. The minimum atomic E-state index is -1.55. The molecular formula is C48H95NO8. The van der Waals surface area contributed by atoms with Crippen molar-refractivity contribution in [2.75, 3.05) is 13.2 Å². The van der Waals surface area contributed by atoms with Crippen LogP contribution in [0, 0.1) is 0 Å². The molecule has 1 fully saturated rings. The highest BCUT2D eigenvalue weighted by atomic mass is 16.7. The molecule has 57 heavy (non-hydrogen) atoms. The smallest absolute Gasteiger partial charge is 0.220 e. The van der Waals surface area contributed by atoms with Crippen LogP contribution in [0.15, 0.2) is 0 Å². The van der Waals surface area contributed by atoms with Crippen LogP contribution in [0.4, 0.5) is 0 Å². The third kappa shape index (κ3) is 30.0. The minimum Gasteiger partial charge on any atom is -0.394 e. The van der Waals surface area contributed by atoms with Crippen molar-refractivity contribution in [1.82, 2.24) is 5.32 Å². The highest BCUT2D eigenvalue weighted by Gasteiger charge is 2.44. The fraction of sp³-hybridized carbons (Fsp3) is 0.979. The van der Waals surface area contributed by atoms with Crippen molar-refractivity contribution >= 4 is 5.91 Å². The molecule has 1 saturated heterocycles. The Bertz CT molecular complexity index is 862. The first-order chi connectivity index (χ1) is 27.8. The molecule has 6 N–H and O–H groups in total. The Morgan fingerprint density at radius 1 is 0.526 bits per heavy atom. The number of hydrogen-bond donors (Lipinski definition) is 6. The van der Waals surface area contributed by atoms with Gasteiger partial charge in [0.25, 0.3) is 0 Å². The van der Waals surface area contributed by atoms with E-state index in [4.69, 9.17) is 9.47 Å². The predicted octanol–water partition coefficient (Wildman–Crippen LogP) is 10.7. The first-order valence-corrected chi connectivity index (χ1v) is 24.7. The Kier molecular flexibility index (Phi) is 37.4. The van der Waals surface area contributed by atoms with Gasteiger partial charge in [0.15, 0.2) is 6.29 Å². The normalized spacial score (nSPS) is 20.9. The number of carbonyl (C=O) groups excluding carboxylic acids is 1. The molecule has 9 nitrogen and oxygen atoms in total. The number of carbonyl (C=O) groups is 1. The molecule has 1 heterocycles. The van der Waals surface area contributed by atoms with Gasteiger partial charge in [-0.1, -0.05) is 226 Å². The zero-order chi connectivity index (χ0) is 41.6. The number of rotatable bonds is 42. The Morgan fingerprint density at radius 3 is 1.25 bits per heavy atom. The molecule has 1 rings (SSSR count). The van der Waals surface area contributed by atoms with Gasteiger partial charge in [0.1, 0.15) is 24.4 Å². The summed E-state index contributed by atoms with van der Waals surface area (Å²) in [6, 6.07) is -0.710. The molecule has 0 spiro atoms. The average Bonchev–Trinajstić information content (AvgIpc) is 3.21. The summed E-state index contributed by atoms with van der Waals surface area (Å²) in [5, 5.41) is 54.3. The van der Waals surface area contributed by atoms with Crippen LogP contribution in [0.3, 0.4) is 0 Å². The highest BCUT2D eigenvalue weighted by molar-refractivity contribution is 5.76. The summed E-state index contributed by atoms with van der Waals surface area (Å²) in [7, 11) is 0. The largest absolute Gasteiger partial charge is 0.394 e. The third-order valence-corrected chi connectivity index (χ3v) is 12.2. The van der Waals surface area contributed by atoms with Crippen LogP contribution in [-0.2, 0) is 14.3 Å². The first kappa shape index (κ1) is 54.2. The summed E-state index contributed by atoms with van der Waals surface area (Å²) in [5.41, 5.74) is 0. The zero-order valence-electron chi connectivity index (χ0n) is 37.4. The van der Waals surface area contributed by atoms with E-state index in [1.165, 1.54) is 180 Å². The molecule has 0 bridgehead atoms. The molecule has 0 aliphatic carbocycles. The van der Waals surface area contributed by atoms with Crippen molar-refractivity contribution in [2.24, 2.45) is 0 Å². The molecule has 0 aromatic carbocycles. The van der Waals surface area contributed by atoms with Crippen LogP contribution in [0.2, 0.25) is 0 Å². The number of ether oxygens (including phenoxy) is 2. The molecule has 1 aliphatic heterocycles. The summed E-state index contributed by atoms with van der Waals surface area (Å²) in [6.45, 7) is 3.83. The van der Waals surface area contributed by atoms with Gasteiger partial charge in [0.2, 0.25) is 5.91 Å². The molecule has 0 radical (unpaired) electrons. The van der Waals surface area contributed by atoms with E-state index < -0.39 is 49.5 Å². The van der Waals surface area contributed by atoms with Gasteiger partial charge in [-0.15, -0.1) is 0 Å². The lowest BCUT2D eigenvalue weighted by atomic mass is 9.99. The molecule has 7 unspecified atom stereocenters. The minimum absolute atomic E-state index is 0.132. The summed E-state index contributed by atoms with van der Waals surface area (Å²) < 4.78 is 11.2. The monoisotopic (exact) mass is 814 g/mol. The van der Waals surface area contributed by atoms with E-state index >= 15 is 0 Å². The van der Waals surface area contributed by atoms with E-state index in [0.717, 1.165) is 38.5 Å². The summed E-state index contributed by atoms with van der Waals surface area (Å²) in [6.07, 6.45) is 37.1. The number of aliphatic hydroxyl groups is 5. The second-order valence-corrected chi connectivity index (χ2v) is 17.6. The van der Waals surface area contributed by atoms with Gasteiger partial charge >= 0.3 is 0 Å². The number of unbranched alkanes of at least 4 members (excludes halogenated alkanes) is 32. The summed E-state index contributed by atoms with van der Waals surface area (Å²) in [4.78, 5) is 12.9. The quantitative estimate of drug-likeness (QED) is 0.0334. The first-order valence-electron chi connectivity index (χ1n) is 24.7. The molecule has 0 aromatic rings. The number of aliphatic hydroxyl groups excluding tert-OH is 5.